The van der Waals surface area contributed by atoms with Gasteiger partial charge in [-0.25, -0.2) is 9.97 Å². The highest BCUT2D eigenvalue weighted by molar-refractivity contribution is 6.32. The molecule has 0 fully saturated rings. The number of hydrogen-bond acceptors (Lipinski definition) is 8. The third-order valence-electron chi connectivity index (χ3n) is 4.04. The van der Waals surface area contributed by atoms with Crippen molar-refractivity contribution in [2.24, 2.45) is 0 Å². The van der Waals surface area contributed by atoms with Crippen LogP contribution >= 0.6 is 11.6 Å². The fourth-order valence-corrected chi connectivity index (χ4v) is 2.86. The number of halogens is 1. The first-order chi connectivity index (χ1) is 13.3. The Hall–Kier alpha value is -3.27. The number of nitrogens with one attached hydrogen (secondary N) is 1. The van der Waals surface area contributed by atoms with E-state index < -0.39 is 18.5 Å². The molecule has 3 aromatic heterocycles. The average molecular weight is 404 g/mol. The Balaban J connectivity index is 1.55. The van der Waals surface area contributed by atoms with Gasteiger partial charge in [0.15, 0.2) is 11.8 Å². The molecule has 0 saturated heterocycles. The minimum Gasteiger partial charge on any atom is -0.456 e. The van der Waals surface area contributed by atoms with Crippen molar-refractivity contribution in [3.63, 3.8) is 0 Å². The van der Waals surface area contributed by atoms with Crippen molar-refractivity contribution in [2.75, 3.05) is 17.7 Å². The van der Waals surface area contributed by atoms with Gasteiger partial charge in [-0.3, -0.25) is 9.59 Å². The second kappa shape index (κ2) is 8.17. The van der Waals surface area contributed by atoms with Gasteiger partial charge < -0.3 is 15.8 Å². The SMILES string of the molecule is Cc1nc2nc(N)nn2c(C)c1CCC(=O)OCC(=O)Nc1cccnc1Cl. The Labute approximate surface area is 165 Å². The summed E-state index contributed by atoms with van der Waals surface area (Å²) in [5.74, 6) is -0.475. The molecule has 146 valence electrons. The Morgan fingerprint density at radius 2 is 2.11 bits per heavy atom. The summed E-state index contributed by atoms with van der Waals surface area (Å²) in [5, 5.41) is 6.77. The van der Waals surface area contributed by atoms with Crippen LogP contribution in [0.5, 0.6) is 0 Å². The Kier molecular flexibility index (Phi) is 5.69. The summed E-state index contributed by atoms with van der Waals surface area (Å²) in [7, 11) is 0. The summed E-state index contributed by atoms with van der Waals surface area (Å²) in [6.07, 6.45) is 1.97. The number of amides is 1. The predicted molar refractivity (Wildman–Crippen MR) is 102 cm³/mol. The lowest BCUT2D eigenvalue weighted by Crippen LogP contribution is -2.21. The van der Waals surface area contributed by atoms with E-state index in [0.29, 0.717) is 17.9 Å². The maximum Gasteiger partial charge on any atom is 0.306 e. The van der Waals surface area contributed by atoms with Crippen LogP contribution in [0.25, 0.3) is 5.78 Å². The van der Waals surface area contributed by atoms with Crippen LogP contribution in [0.1, 0.15) is 23.4 Å². The molecule has 3 aromatic rings. The van der Waals surface area contributed by atoms with Crippen molar-refractivity contribution in [1.29, 1.82) is 0 Å². The van der Waals surface area contributed by atoms with Crippen LogP contribution in [0.15, 0.2) is 18.3 Å². The van der Waals surface area contributed by atoms with Crippen molar-refractivity contribution in [3.8, 4) is 0 Å². The Morgan fingerprint density at radius 3 is 2.86 bits per heavy atom. The molecule has 0 saturated carbocycles. The molecule has 0 bridgehead atoms. The van der Waals surface area contributed by atoms with Gasteiger partial charge >= 0.3 is 5.97 Å². The maximum absolute atomic E-state index is 12.0. The number of nitrogen functional groups attached to an aromatic ring is 1. The molecular formula is C17H18ClN7O3. The van der Waals surface area contributed by atoms with E-state index in [-0.39, 0.29) is 17.5 Å². The maximum atomic E-state index is 12.0. The first kappa shape index (κ1) is 19.5. The molecule has 0 atom stereocenters. The monoisotopic (exact) mass is 403 g/mol. The molecule has 0 unspecified atom stereocenters. The lowest BCUT2D eigenvalue weighted by molar-refractivity contribution is -0.147. The van der Waals surface area contributed by atoms with Crippen LogP contribution in [0.4, 0.5) is 11.6 Å². The van der Waals surface area contributed by atoms with E-state index in [1.165, 1.54) is 10.7 Å². The number of carbonyl (C=O) groups is 2. The van der Waals surface area contributed by atoms with Crippen LogP contribution < -0.4 is 11.1 Å². The summed E-state index contributed by atoms with van der Waals surface area (Å²) in [4.78, 5) is 36.1. The number of hydrogen-bond donors (Lipinski definition) is 2. The number of aromatic nitrogens is 5. The van der Waals surface area contributed by atoms with Crippen LogP contribution in [0, 0.1) is 13.8 Å². The number of nitrogens with two attached hydrogens (primary N) is 1. The molecule has 3 rings (SSSR count). The lowest BCUT2D eigenvalue weighted by atomic mass is 10.1. The van der Waals surface area contributed by atoms with E-state index in [4.69, 9.17) is 22.1 Å². The molecule has 0 aromatic carbocycles. The highest BCUT2D eigenvalue weighted by Gasteiger charge is 2.15. The molecule has 10 nitrogen and oxygen atoms in total. The van der Waals surface area contributed by atoms with Crippen molar-refractivity contribution in [1.82, 2.24) is 24.6 Å². The number of aryl methyl sites for hydroxylation is 2. The standard InChI is InChI=1S/C17H18ClN7O3/c1-9-11(10(2)25-17(21-9)23-16(19)24-25)5-6-14(27)28-8-13(26)22-12-4-3-7-20-15(12)18/h3-4,7H,5-6,8H2,1-2H3,(H2,19,24)(H,22,26). The number of ether oxygens (including phenoxy) is 1. The zero-order chi connectivity index (χ0) is 20.3. The highest BCUT2D eigenvalue weighted by atomic mass is 35.5. The molecule has 0 aliphatic heterocycles. The zero-order valence-electron chi connectivity index (χ0n) is 15.3. The first-order valence-electron chi connectivity index (χ1n) is 8.39. The number of rotatable bonds is 6. The number of anilines is 2. The van der Waals surface area contributed by atoms with Crippen molar-refractivity contribution >= 4 is 40.9 Å². The Morgan fingerprint density at radius 1 is 1.32 bits per heavy atom. The number of esters is 1. The fourth-order valence-electron chi connectivity index (χ4n) is 2.70. The fraction of sp³-hybridized carbons (Fsp3) is 0.294. The van der Waals surface area contributed by atoms with Crippen LogP contribution in [-0.4, -0.2) is 43.0 Å². The Bertz CT molecular complexity index is 1050. The second-order valence-electron chi connectivity index (χ2n) is 5.99. The number of pyridine rings is 1. The van der Waals surface area contributed by atoms with E-state index in [9.17, 15) is 9.59 Å². The third kappa shape index (κ3) is 4.34. The lowest BCUT2D eigenvalue weighted by Gasteiger charge is -2.10. The molecule has 0 aliphatic rings. The number of carbonyl (C=O) groups excluding carboxylic acids is 2. The molecule has 1 amide bonds. The highest BCUT2D eigenvalue weighted by Crippen LogP contribution is 2.18. The van der Waals surface area contributed by atoms with E-state index in [0.717, 1.165) is 17.0 Å². The molecule has 28 heavy (non-hydrogen) atoms. The molecule has 3 N–H and O–H groups in total. The van der Waals surface area contributed by atoms with Crippen molar-refractivity contribution < 1.29 is 14.3 Å². The van der Waals surface area contributed by atoms with Gasteiger partial charge in [-0.2, -0.15) is 9.50 Å². The second-order valence-corrected chi connectivity index (χ2v) is 6.35. The smallest absolute Gasteiger partial charge is 0.306 e. The molecule has 3 heterocycles. The zero-order valence-corrected chi connectivity index (χ0v) is 16.0. The van der Waals surface area contributed by atoms with E-state index >= 15 is 0 Å². The van der Waals surface area contributed by atoms with Gasteiger partial charge in [-0.05, 0) is 38.0 Å². The van der Waals surface area contributed by atoms with Gasteiger partial charge in [0.2, 0.25) is 5.95 Å². The van der Waals surface area contributed by atoms with Crippen molar-refractivity contribution in [2.45, 2.75) is 26.7 Å². The summed E-state index contributed by atoms with van der Waals surface area (Å²) in [5.41, 5.74) is 8.33. The average Bonchev–Trinajstić information content (AvgIpc) is 3.02. The molecule has 0 aliphatic carbocycles. The van der Waals surface area contributed by atoms with Gasteiger partial charge in [-0.15, -0.1) is 5.10 Å². The molecule has 11 heteroatoms. The topological polar surface area (TPSA) is 137 Å². The summed E-state index contributed by atoms with van der Waals surface area (Å²) < 4.78 is 6.56. The van der Waals surface area contributed by atoms with E-state index in [2.05, 4.69) is 25.4 Å². The third-order valence-corrected chi connectivity index (χ3v) is 4.34. The van der Waals surface area contributed by atoms with Gasteiger partial charge in [0.25, 0.3) is 11.7 Å². The van der Waals surface area contributed by atoms with Gasteiger partial charge in [-0.1, -0.05) is 11.6 Å². The normalized spacial score (nSPS) is 10.8. The summed E-state index contributed by atoms with van der Waals surface area (Å²) >= 11 is 5.86. The van der Waals surface area contributed by atoms with E-state index in [1.807, 2.05) is 13.8 Å². The minimum absolute atomic E-state index is 0.0833. The van der Waals surface area contributed by atoms with Crippen LogP contribution in [0.3, 0.4) is 0 Å². The quantitative estimate of drug-likeness (QED) is 0.466. The minimum atomic E-state index is -0.510. The number of fused-ring (bicyclic) bond motifs is 1. The van der Waals surface area contributed by atoms with E-state index in [1.54, 1.807) is 12.1 Å². The summed E-state index contributed by atoms with van der Waals surface area (Å²) in [6.45, 7) is 3.25. The van der Waals surface area contributed by atoms with Crippen LogP contribution in [-0.2, 0) is 20.7 Å². The number of nitrogens with zero attached hydrogens (tertiary/aromatic N) is 5. The van der Waals surface area contributed by atoms with Gasteiger partial charge in [0.05, 0.1) is 5.69 Å². The first-order valence-corrected chi connectivity index (χ1v) is 8.77. The van der Waals surface area contributed by atoms with Gasteiger partial charge in [0.1, 0.15) is 0 Å². The largest absolute Gasteiger partial charge is 0.456 e. The van der Waals surface area contributed by atoms with Crippen molar-refractivity contribution in [3.05, 3.63) is 40.4 Å². The summed E-state index contributed by atoms with van der Waals surface area (Å²) in [6, 6.07) is 3.23. The molecule has 0 spiro atoms. The van der Waals surface area contributed by atoms with Gasteiger partial charge in [0, 0.05) is 24.0 Å². The molecular weight excluding hydrogens is 386 g/mol. The van der Waals surface area contributed by atoms with Crippen LogP contribution in [0.2, 0.25) is 5.15 Å². The molecule has 0 radical (unpaired) electrons. The predicted octanol–water partition coefficient (Wildman–Crippen LogP) is 1.49.